The van der Waals surface area contributed by atoms with Crippen LogP contribution in [0, 0.1) is 0 Å². The maximum absolute atomic E-state index is 12.5. The molecule has 1 aromatic rings. The van der Waals surface area contributed by atoms with Gasteiger partial charge in [0.15, 0.2) is 0 Å². The second-order valence-corrected chi connectivity index (χ2v) is 7.57. The molecule has 2 heterocycles. The zero-order valence-corrected chi connectivity index (χ0v) is 14.5. The molecule has 0 spiro atoms. The van der Waals surface area contributed by atoms with E-state index in [-0.39, 0.29) is 12.0 Å². The van der Waals surface area contributed by atoms with Gasteiger partial charge in [0.2, 0.25) is 0 Å². The molecule has 1 amide bonds. The first-order valence-electron chi connectivity index (χ1n) is 6.76. The van der Waals surface area contributed by atoms with Gasteiger partial charge in [-0.15, -0.1) is 0 Å². The number of carbonyl (C=O) groups excluding carboxylic acids is 1. The topological polar surface area (TPSA) is 29.5 Å². The van der Waals surface area contributed by atoms with Crippen LogP contribution in [0.5, 0.6) is 0 Å². The minimum absolute atomic E-state index is 0.0134. The van der Waals surface area contributed by atoms with Crippen LogP contribution in [-0.4, -0.2) is 34.4 Å². The Morgan fingerprint density at radius 2 is 2.38 bits per heavy atom. The number of benzene rings is 1. The lowest BCUT2D eigenvalue weighted by Crippen LogP contribution is -2.35. The van der Waals surface area contributed by atoms with E-state index in [1.54, 1.807) is 4.90 Å². The average molecular weight is 384 g/mol. The molecule has 6 heteroatoms. The highest BCUT2D eigenvalue weighted by Gasteiger charge is 2.34. The van der Waals surface area contributed by atoms with E-state index in [1.807, 2.05) is 30.3 Å². The second kappa shape index (κ2) is 6.60. The molecular formula is C15H14BrNO2S2. The van der Waals surface area contributed by atoms with Crippen LogP contribution in [-0.2, 0) is 9.53 Å². The summed E-state index contributed by atoms with van der Waals surface area (Å²) < 4.78 is 7.21. The highest BCUT2D eigenvalue weighted by molar-refractivity contribution is 9.10. The van der Waals surface area contributed by atoms with E-state index in [1.165, 1.54) is 11.8 Å². The minimum Gasteiger partial charge on any atom is -0.376 e. The molecule has 1 unspecified atom stereocenters. The zero-order valence-electron chi connectivity index (χ0n) is 11.3. The third-order valence-electron chi connectivity index (χ3n) is 3.43. The minimum atomic E-state index is -0.0134. The van der Waals surface area contributed by atoms with E-state index in [0.29, 0.717) is 15.8 Å². The lowest BCUT2D eigenvalue weighted by molar-refractivity contribution is -0.123. The molecule has 21 heavy (non-hydrogen) atoms. The Hall–Kier alpha value is -0.690. The van der Waals surface area contributed by atoms with Crippen LogP contribution in [0.15, 0.2) is 33.6 Å². The summed E-state index contributed by atoms with van der Waals surface area (Å²) in [5, 5.41) is 0. The molecule has 110 valence electrons. The van der Waals surface area contributed by atoms with Crippen LogP contribution in [0.2, 0.25) is 0 Å². The van der Waals surface area contributed by atoms with Crippen molar-refractivity contribution in [3.8, 4) is 0 Å². The van der Waals surface area contributed by atoms with Crippen molar-refractivity contribution in [3.05, 3.63) is 39.2 Å². The SMILES string of the molecule is O=C1C(=Cc2cccc(Br)c2)SC(=S)N1CC1CCCO1. The quantitative estimate of drug-likeness (QED) is 0.585. The predicted octanol–water partition coefficient (Wildman–Crippen LogP) is 3.83. The summed E-state index contributed by atoms with van der Waals surface area (Å²) in [6, 6.07) is 7.85. The third kappa shape index (κ3) is 3.56. The summed E-state index contributed by atoms with van der Waals surface area (Å²) in [4.78, 5) is 14.8. The number of nitrogens with zero attached hydrogens (tertiary/aromatic N) is 1. The van der Waals surface area contributed by atoms with Gasteiger partial charge in [-0.3, -0.25) is 9.69 Å². The normalized spacial score (nSPS) is 24.3. The number of thioether (sulfide) groups is 1. The Labute approximate surface area is 141 Å². The third-order valence-corrected chi connectivity index (χ3v) is 5.30. The van der Waals surface area contributed by atoms with Gasteiger partial charge in [-0.2, -0.15) is 0 Å². The number of carbonyl (C=O) groups is 1. The fourth-order valence-electron chi connectivity index (χ4n) is 2.40. The Kier molecular flexibility index (Phi) is 4.78. The fourth-order valence-corrected chi connectivity index (χ4v) is 4.09. The molecule has 2 fully saturated rings. The molecule has 0 aromatic heterocycles. The van der Waals surface area contributed by atoms with Crippen LogP contribution in [0.4, 0.5) is 0 Å². The van der Waals surface area contributed by atoms with Crippen molar-refractivity contribution in [1.29, 1.82) is 0 Å². The summed E-state index contributed by atoms with van der Waals surface area (Å²) in [7, 11) is 0. The first-order valence-corrected chi connectivity index (χ1v) is 8.78. The summed E-state index contributed by atoms with van der Waals surface area (Å²) in [6.07, 6.45) is 4.08. The van der Waals surface area contributed by atoms with Crippen molar-refractivity contribution in [2.75, 3.05) is 13.2 Å². The van der Waals surface area contributed by atoms with Crippen molar-refractivity contribution >= 4 is 56.2 Å². The van der Waals surface area contributed by atoms with E-state index in [0.717, 1.165) is 29.5 Å². The van der Waals surface area contributed by atoms with Gasteiger partial charge in [-0.1, -0.05) is 52.0 Å². The van der Waals surface area contributed by atoms with E-state index in [9.17, 15) is 4.79 Å². The lowest BCUT2D eigenvalue weighted by atomic mass is 10.2. The highest BCUT2D eigenvalue weighted by Crippen LogP contribution is 2.33. The van der Waals surface area contributed by atoms with Crippen molar-refractivity contribution in [1.82, 2.24) is 4.90 Å². The second-order valence-electron chi connectivity index (χ2n) is 4.98. The van der Waals surface area contributed by atoms with Crippen molar-refractivity contribution in [2.45, 2.75) is 18.9 Å². The number of hydrogen-bond acceptors (Lipinski definition) is 4. The molecule has 3 nitrogen and oxygen atoms in total. The molecular weight excluding hydrogens is 370 g/mol. The van der Waals surface area contributed by atoms with Gasteiger partial charge < -0.3 is 4.74 Å². The van der Waals surface area contributed by atoms with Gasteiger partial charge in [0.05, 0.1) is 17.6 Å². The Balaban J connectivity index is 1.76. The molecule has 2 aliphatic rings. The number of hydrogen-bond donors (Lipinski definition) is 0. The first-order chi connectivity index (χ1) is 10.1. The Morgan fingerprint density at radius 1 is 1.52 bits per heavy atom. The molecule has 2 saturated heterocycles. The van der Waals surface area contributed by atoms with Gasteiger partial charge in [-0.25, -0.2) is 0 Å². The predicted molar refractivity (Wildman–Crippen MR) is 93.0 cm³/mol. The molecule has 0 N–H and O–H groups in total. The summed E-state index contributed by atoms with van der Waals surface area (Å²) in [5.41, 5.74) is 0.988. The van der Waals surface area contributed by atoms with Gasteiger partial charge in [0, 0.05) is 11.1 Å². The maximum atomic E-state index is 12.5. The van der Waals surface area contributed by atoms with Gasteiger partial charge >= 0.3 is 0 Å². The van der Waals surface area contributed by atoms with Crippen LogP contribution in [0.3, 0.4) is 0 Å². The van der Waals surface area contributed by atoms with Crippen LogP contribution in [0.1, 0.15) is 18.4 Å². The number of amides is 1. The van der Waals surface area contributed by atoms with E-state index in [4.69, 9.17) is 17.0 Å². The van der Waals surface area contributed by atoms with Crippen LogP contribution in [0.25, 0.3) is 6.08 Å². The molecule has 0 radical (unpaired) electrons. The zero-order chi connectivity index (χ0) is 14.8. The van der Waals surface area contributed by atoms with Gasteiger partial charge in [0.25, 0.3) is 5.91 Å². The van der Waals surface area contributed by atoms with Crippen molar-refractivity contribution in [3.63, 3.8) is 0 Å². The molecule has 1 aromatic carbocycles. The summed E-state index contributed by atoms with van der Waals surface area (Å²) >= 11 is 10.1. The fraction of sp³-hybridized carbons (Fsp3) is 0.333. The average Bonchev–Trinajstić information content (AvgIpc) is 3.04. The Bertz CT molecular complexity index is 611. The standard InChI is InChI=1S/C15H14BrNO2S2/c16-11-4-1-3-10(7-11)8-13-14(18)17(15(20)21-13)9-12-5-2-6-19-12/h1,3-4,7-8,12H,2,5-6,9H2. The monoisotopic (exact) mass is 383 g/mol. The molecule has 0 bridgehead atoms. The summed E-state index contributed by atoms with van der Waals surface area (Å²) in [6.45, 7) is 1.35. The van der Waals surface area contributed by atoms with Gasteiger partial charge in [-0.05, 0) is 36.6 Å². The van der Waals surface area contributed by atoms with E-state index < -0.39 is 0 Å². The lowest BCUT2D eigenvalue weighted by Gasteiger charge is -2.18. The maximum Gasteiger partial charge on any atom is 0.266 e. The van der Waals surface area contributed by atoms with Crippen molar-refractivity contribution in [2.24, 2.45) is 0 Å². The van der Waals surface area contributed by atoms with Crippen LogP contribution >= 0.6 is 39.9 Å². The molecule has 1 atom stereocenters. The van der Waals surface area contributed by atoms with Crippen LogP contribution < -0.4 is 0 Å². The number of thiocarbonyl (C=S) groups is 1. The number of rotatable bonds is 3. The molecule has 0 saturated carbocycles. The largest absolute Gasteiger partial charge is 0.376 e. The van der Waals surface area contributed by atoms with E-state index in [2.05, 4.69) is 15.9 Å². The number of halogens is 1. The summed E-state index contributed by atoms with van der Waals surface area (Å²) in [5.74, 6) is -0.0134. The number of ether oxygens (including phenoxy) is 1. The highest BCUT2D eigenvalue weighted by atomic mass is 79.9. The molecule has 0 aliphatic carbocycles. The van der Waals surface area contributed by atoms with Gasteiger partial charge in [0.1, 0.15) is 4.32 Å². The first kappa shape index (κ1) is 15.2. The van der Waals surface area contributed by atoms with Crippen molar-refractivity contribution < 1.29 is 9.53 Å². The van der Waals surface area contributed by atoms with E-state index >= 15 is 0 Å². The molecule has 3 rings (SSSR count). The molecule has 2 aliphatic heterocycles. The Morgan fingerprint density at radius 3 is 3.10 bits per heavy atom. The smallest absolute Gasteiger partial charge is 0.266 e.